The molecule has 0 aliphatic carbocycles. The lowest BCUT2D eigenvalue weighted by Gasteiger charge is -2.50. The first-order valence-electron chi connectivity index (χ1n) is 21.3. The number of methoxy groups -OCH3 is 1. The summed E-state index contributed by atoms with van der Waals surface area (Å²) in [5.74, 6) is -1.47. The van der Waals surface area contributed by atoms with Gasteiger partial charge in [0.05, 0.1) is 54.7 Å². The van der Waals surface area contributed by atoms with Crippen molar-refractivity contribution in [2.75, 3.05) is 35.3 Å². The highest BCUT2D eigenvalue weighted by atomic mass is 16.7. The fourth-order valence-corrected chi connectivity index (χ4v) is 9.10. The molecule has 16 heteroatoms. The average Bonchev–Trinajstić information content (AvgIpc) is 3.13. The summed E-state index contributed by atoms with van der Waals surface area (Å²) in [6.07, 6.45) is -1.56. The first-order chi connectivity index (χ1) is 27.8. The van der Waals surface area contributed by atoms with Crippen molar-refractivity contribution < 1.29 is 67.9 Å². The number of allylic oxidation sites excluding steroid dienone is 2. The van der Waals surface area contributed by atoms with Gasteiger partial charge < -0.3 is 72.9 Å². The van der Waals surface area contributed by atoms with E-state index in [4.69, 9.17) is 37.9 Å². The van der Waals surface area contributed by atoms with Crippen LogP contribution in [0.3, 0.4) is 0 Å². The normalized spacial score (nSPS) is 45.8. The van der Waals surface area contributed by atoms with Gasteiger partial charge in [-0.3, -0.25) is 4.79 Å². The summed E-state index contributed by atoms with van der Waals surface area (Å²) in [5, 5.41) is 45.1. The zero-order chi connectivity index (χ0) is 43.8. The summed E-state index contributed by atoms with van der Waals surface area (Å²) in [4.78, 5) is 29.5. The van der Waals surface area contributed by atoms with Crippen LogP contribution in [0.15, 0.2) is 24.3 Å². The zero-order valence-corrected chi connectivity index (χ0v) is 37.0. The lowest BCUT2D eigenvalue weighted by atomic mass is 9.82. The smallest absolute Gasteiger partial charge is 0.308 e. The maximum atomic E-state index is 13.1. The molecule has 0 amide bonds. The molecule has 4 aliphatic heterocycles. The first kappa shape index (κ1) is 49.8. The highest BCUT2D eigenvalue weighted by Crippen LogP contribution is 2.37. The Morgan fingerprint density at radius 3 is 2.17 bits per heavy atom. The number of hydrogen-bond donors (Lipinski definition) is 4. The molecule has 19 atom stereocenters. The Morgan fingerprint density at radius 1 is 0.864 bits per heavy atom. The van der Waals surface area contributed by atoms with E-state index in [1.54, 1.807) is 39.8 Å². The van der Waals surface area contributed by atoms with Crippen molar-refractivity contribution in [2.45, 2.75) is 190 Å². The number of likely N-dealkylation sites (N-methyl/N-ethyl adjacent to an activating group) is 2. The molecule has 0 saturated carbocycles. The van der Waals surface area contributed by atoms with Gasteiger partial charge in [0.15, 0.2) is 18.9 Å². The molecule has 4 rings (SSSR count). The van der Waals surface area contributed by atoms with Crippen LogP contribution < -0.4 is 0 Å². The molecule has 0 bridgehead atoms. The van der Waals surface area contributed by atoms with Crippen molar-refractivity contribution in [1.29, 1.82) is 0 Å². The molecule has 0 spiro atoms. The number of cyclic esters (lactones) is 1. The second kappa shape index (κ2) is 22.5. The van der Waals surface area contributed by atoms with Crippen molar-refractivity contribution in [2.24, 2.45) is 11.8 Å². The number of hydrogen-bond acceptors (Lipinski definition) is 16. The van der Waals surface area contributed by atoms with E-state index in [0.29, 0.717) is 19.3 Å². The summed E-state index contributed by atoms with van der Waals surface area (Å²) in [6.45, 7) is 10.8. The van der Waals surface area contributed by atoms with Crippen LogP contribution in [-0.4, -0.2) is 181 Å². The summed E-state index contributed by atoms with van der Waals surface area (Å²) >= 11 is 0. The molecule has 4 aliphatic rings. The van der Waals surface area contributed by atoms with E-state index in [2.05, 4.69) is 4.90 Å². The van der Waals surface area contributed by atoms with Gasteiger partial charge in [-0.1, -0.05) is 31.2 Å². The second-order valence-corrected chi connectivity index (χ2v) is 17.8. The maximum Gasteiger partial charge on any atom is 0.308 e. The Labute approximate surface area is 351 Å². The molecule has 340 valence electrons. The molecule has 59 heavy (non-hydrogen) atoms. The number of aldehydes is 1. The van der Waals surface area contributed by atoms with E-state index in [1.807, 2.05) is 52.2 Å². The van der Waals surface area contributed by atoms with Crippen molar-refractivity contribution in [3.8, 4) is 0 Å². The van der Waals surface area contributed by atoms with Gasteiger partial charge >= 0.3 is 5.97 Å². The first-order valence-corrected chi connectivity index (χ1v) is 21.3. The van der Waals surface area contributed by atoms with Crippen molar-refractivity contribution in [1.82, 2.24) is 9.80 Å². The quantitative estimate of drug-likeness (QED) is 0.175. The van der Waals surface area contributed by atoms with Crippen LogP contribution >= 0.6 is 0 Å². The average molecular weight is 843 g/mol. The van der Waals surface area contributed by atoms with Gasteiger partial charge in [0, 0.05) is 32.4 Å². The predicted octanol–water partition coefficient (Wildman–Crippen LogP) is 2.33. The van der Waals surface area contributed by atoms with Crippen LogP contribution in [0.1, 0.15) is 86.5 Å². The number of carbonyl (C=O) groups excluding carboxylic acids is 2. The molecule has 0 aromatic heterocycles. The van der Waals surface area contributed by atoms with Crippen LogP contribution in [0.4, 0.5) is 0 Å². The third-order valence-electron chi connectivity index (χ3n) is 12.4. The predicted molar refractivity (Wildman–Crippen MR) is 217 cm³/mol. The molecule has 12 unspecified atom stereocenters. The Balaban J connectivity index is 1.66. The van der Waals surface area contributed by atoms with Crippen LogP contribution in [0, 0.1) is 11.8 Å². The van der Waals surface area contributed by atoms with Gasteiger partial charge in [0.2, 0.25) is 0 Å². The molecule has 4 N–H and O–H groups in total. The van der Waals surface area contributed by atoms with Gasteiger partial charge in [-0.25, -0.2) is 0 Å². The van der Waals surface area contributed by atoms with E-state index in [-0.39, 0.29) is 30.9 Å². The van der Waals surface area contributed by atoms with Gasteiger partial charge in [-0.15, -0.1) is 0 Å². The largest absolute Gasteiger partial charge is 0.462 e. The standard InChI is InChI=1S/C43H74N2O14/c1-24-21-29(19-20-46)39(59-42-37(49)36(45(9)10)38(27(4)56-42)58-35-23-43(6,51)41(50)28(5)55-35)40(52-11)31(47)22-33(48)53-25(2)15-13-12-14-16-32(24)57-34-18-17-30(44(7)8)26(3)54-34/h12-14,16,20,24-32,34-42,47,49-51H,15,17-19,21-23H2,1-11H3/b13-12+,16-14+/t24-,25-,26?,27?,28?,29+,30?,31-,32+,34?,35?,36?,37?,38?,39+,40+,41?,42?,43?/m1/s1. The molecule has 3 fully saturated rings. The summed E-state index contributed by atoms with van der Waals surface area (Å²) in [6, 6.07) is -0.466. The molecule has 0 radical (unpaired) electrons. The monoisotopic (exact) mass is 843 g/mol. The minimum Gasteiger partial charge on any atom is -0.462 e. The number of aliphatic hydroxyl groups is 4. The molecule has 0 aromatic carbocycles. The van der Waals surface area contributed by atoms with Gasteiger partial charge in [0.1, 0.15) is 36.8 Å². The van der Waals surface area contributed by atoms with Gasteiger partial charge in [0.25, 0.3) is 0 Å². The Morgan fingerprint density at radius 2 is 1.56 bits per heavy atom. The highest BCUT2D eigenvalue weighted by Gasteiger charge is 2.52. The summed E-state index contributed by atoms with van der Waals surface area (Å²) in [5.41, 5.74) is -1.47. The fourth-order valence-electron chi connectivity index (χ4n) is 9.10. The molecule has 3 saturated heterocycles. The lowest BCUT2D eigenvalue weighted by molar-refractivity contribution is -0.344. The van der Waals surface area contributed by atoms with Crippen LogP contribution in [0.5, 0.6) is 0 Å². The number of esters is 1. The maximum absolute atomic E-state index is 13.1. The molecule has 16 nitrogen and oxygen atoms in total. The van der Waals surface area contributed by atoms with E-state index >= 15 is 0 Å². The third kappa shape index (κ3) is 13.3. The summed E-state index contributed by atoms with van der Waals surface area (Å²) < 4.78 is 50.0. The Hall–Kier alpha value is -1.90. The van der Waals surface area contributed by atoms with Crippen molar-refractivity contribution in [3.05, 3.63) is 24.3 Å². The number of ether oxygens (including phenoxy) is 8. The zero-order valence-electron chi connectivity index (χ0n) is 37.0. The Bertz CT molecular complexity index is 1370. The van der Waals surface area contributed by atoms with Gasteiger partial charge in [-0.2, -0.15) is 0 Å². The van der Waals surface area contributed by atoms with E-state index in [9.17, 15) is 30.0 Å². The molecule has 0 aromatic rings. The molecular formula is C43H74N2O14. The van der Waals surface area contributed by atoms with Crippen LogP contribution in [0.25, 0.3) is 0 Å². The molecule has 4 heterocycles. The van der Waals surface area contributed by atoms with E-state index < -0.39 is 110 Å². The number of carbonyl (C=O) groups is 2. The van der Waals surface area contributed by atoms with Crippen molar-refractivity contribution in [3.63, 3.8) is 0 Å². The van der Waals surface area contributed by atoms with Crippen molar-refractivity contribution >= 4 is 12.3 Å². The number of nitrogens with zero attached hydrogens (tertiary/aromatic N) is 2. The van der Waals surface area contributed by atoms with E-state index in [0.717, 1.165) is 12.7 Å². The third-order valence-corrected chi connectivity index (χ3v) is 12.4. The number of rotatable bonds is 11. The second-order valence-electron chi connectivity index (χ2n) is 17.8. The van der Waals surface area contributed by atoms with Gasteiger partial charge in [-0.05, 0) is 93.9 Å². The van der Waals surface area contributed by atoms with E-state index in [1.165, 1.54) is 14.0 Å². The highest BCUT2D eigenvalue weighted by molar-refractivity contribution is 5.70. The topological polar surface area (TPSA) is 195 Å². The minimum atomic E-state index is -1.47. The number of aliphatic hydroxyl groups excluding tert-OH is 3. The fraction of sp³-hybridized carbons (Fsp3) is 0.860. The summed E-state index contributed by atoms with van der Waals surface area (Å²) in [7, 11) is 9.03. The Kier molecular flexibility index (Phi) is 18.9. The van der Waals surface area contributed by atoms with Crippen LogP contribution in [-0.2, 0) is 47.5 Å². The SMILES string of the molecule is CO[C@@H]1[C@@H](OC2OC(C)C(OC3CC(C)(O)C(O)C(C)O3)C(N(C)C)C2O)[C@@H](CC=O)C[C@@H](C)[C@@H](OC2CCC(N(C)C)C(C)O2)/C=C/C=C/C[C@@H](C)OC(=O)C[C@H]1O. The lowest BCUT2D eigenvalue weighted by Crippen LogP contribution is -2.65. The van der Waals surface area contributed by atoms with Crippen LogP contribution in [0.2, 0.25) is 0 Å². The molecular weight excluding hydrogens is 768 g/mol. The minimum absolute atomic E-state index is 0.00885.